The predicted octanol–water partition coefficient (Wildman–Crippen LogP) is 2.79. The smallest absolute Gasteiger partial charge is 0.225 e. The molecular formula is C24H27N5O3. The monoisotopic (exact) mass is 433 g/mol. The largest absolute Gasteiger partial charge is 0.480 e. The van der Waals surface area contributed by atoms with E-state index in [0.717, 1.165) is 40.3 Å². The Morgan fingerprint density at radius 3 is 2.81 bits per heavy atom. The molecule has 0 spiro atoms. The molecule has 5 rings (SSSR count). The van der Waals surface area contributed by atoms with Gasteiger partial charge in [0.05, 0.1) is 30.2 Å². The van der Waals surface area contributed by atoms with Crippen LogP contribution in [0.4, 0.5) is 5.82 Å². The number of nitrogen functional groups attached to an aromatic ring is 1. The van der Waals surface area contributed by atoms with Crippen molar-refractivity contribution in [3.63, 3.8) is 0 Å². The lowest BCUT2D eigenvalue weighted by Crippen LogP contribution is -2.29. The number of hydrogen-bond donors (Lipinski definition) is 3. The van der Waals surface area contributed by atoms with Crippen molar-refractivity contribution in [2.24, 2.45) is 5.92 Å². The number of aryl methyl sites for hydroxylation is 2. The maximum absolute atomic E-state index is 10.8. The third kappa shape index (κ3) is 3.45. The van der Waals surface area contributed by atoms with Crippen molar-refractivity contribution < 1.29 is 14.9 Å². The summed E-state index contributed by atoms with van der Waals surface area (Å²) >= 11 is 0. The van der Waals surface area contributed by atoms with Gasteiger partial charge in [-0.15, -0.1) is 0 Å². The first-order valence-electron chi connectivity index (χ1n) is 10.8. The van der Waals surface area contributed by atoms with E-state index in [9.17, 15) is 10.2 Å². The van der Waals surface area contributed by atoms with Crippen LogP contribution in [0.25, 0.3) is 21.9 Å². The molecule has 0 saturated heterocycles. The van der Waals surface area contributed by atoms with Crippen molar-refractivity contribution in [2.45, 2.75) is 44.4 Å². The fraction of sp³-hybridized carbons (Fsp3) is 0.375. The van der Waals surface area contributed by atoms with E-state index in [0.29, 0.717) is 23.8 Å². The number of nitrogens with two attached hydrogens (primary N) is 1. The lowest BCUT2D eigenvalue weighted by molar-refractivity contribution is 0.00545. The van der Waals surface area contributed by atoms with Gasteiger partial charge in [-0.2, -0.15) is 0 Å². The van der Waals surface area contributed by atoms with Crippen LogP contribution < -0.4 is 10.5 Å². The van der Waals surface area contributed by atoms with Crippen LogP contribution in [0, 0.1) is 12.8 Å². The van der Waals surface area contributed by atoms with Gasteiger partial charge in [0.25, 0.3) is 0 Å². The molecule has 4 atom stereocenters. The molecule has 1 aromatic carbocycles. The highest BCUT2D eigenvalue weighted by Crippen LogP contribution is 2.40. The molecule has 1 aliphatic rings. The zero-order chi connectivity index (χ0) is 22.4. The van der Waals surface area contributed by atoms with Gasteiger partial charge in [-0.3, -0.25) is 0 Å². The minimum absolute atomic E-state index is 0.0251. The summed E-state index contributed by atoms with van der Waals surface area (Å²) in [6.45, 7) is 1.95. The Bertz CT molecular complexity index is 1290. The highest BCUT2D eigenvalue weighted by molar-refractivity contribution is 5.82. The first kappa shape index (κ1) is 20.7. The van der Waals surface area contributed by atoms with E-state index in [2.05, 4.69) is 33.2 Å². The first-order valence-corrected chi connectivity index (χ1v) is 10.8. The van der Waals surface area contributed by atoms with E-state index in [1.54, 1.807) is 7.11 Å². The average molecular weight is 434 g/mol. The van der Waals surface area contributed by atoms with Crippen LogP contribution in [-0.4, -0.2) is 49.0 Å². The molecule has 8 heteroatoms. The van der Waals surface area contributed by atoms with E-state index in [4.69, 9.17) is 10.5 Å². The van der Waals surface area contributed by atoms with Crippen LogP contribution in [0.2, 0.25) is 0 Å². The van der Waals surface area contributed by atoms with Gasteiger partial charge in [0, 0.05) is 11.6 Å². The predicted molar refractivity (Wildman–Crippen MR) is 122 cm³/mol. The third-order valence-electron chi connectivity index (χ3n) is 6.71. The summed E-state index contributed by atoms with van der Waals surface area (Å²) in [7, 11) is 1.57. The molecule has 1 saturated carbocycles. The fourth-order valence-electron chi connectivity index (χ4n) is 4.88. The minimum atomic E-state index is -0.863. The molecular weight excluding hydrogens is 406 g/mol. The number of hydrogen-bond acceptors (Lipinski definition) is 7. The number of aliphatic hydroxyl groups is 2. The summed E-state index contributed by atoms with van der Waals surface area (Å²) in [6.07, 6.45) is 3.89. The minimum Gasteiger partial charge on any atom is -0.480 e. The van der Waals surface area contributed by atoms with Crippen LogP contribution in [-0.2, 0) is 6.42 Å². The Balaban J connectivity index is 1.34. The standard InChI is InChI=1S/C24H27N5O3/c1-13-9-15-5-3-14(10-18(15)28-22(13)25)4-6-16-11-19(21(31)20(16)30)29-8-7-17-23(29)26-12-27-24(17)32-2/h3,5,7-10,12,16,19-21,30-31H,4,6,11H2,1-2H3,(H2,25,28)/t16-,19+,20+,21-/m0/s1. The van der Waals surface area contributed by atoms with Crippen molar-refractivity contribution >= 4 is 27.8 Å². The molecule has 3 aromatic heterocycles. The molecule has 8 nitrogen and oxygen atoms in total. The number of benzene rings is 1. The van der Waals surface area contributed by atoms with Crippen LogP contribution >= 0.6 is 0 Å². The molecule has 0 amide bonds. The van der Waals surface area contributed by atoms with E-state index < -0.39 is 12.2 Å². The Hall–Kier alpha value is -3.23. The van der Waals surface area contributed by atoms with Gasteiger partial charge in [-0.25, -0.2) is 15.0 Å². The molecule has 32 heavy (non-hydrogen) atoms. The van der Waals surface area contributed by atoms with E-state index in [-0.39, 0.29) is 12.0 Å². The Labute approximate surface area is 185 Å². The Morgan fingerprint density at radius 1 is 1.16 bits per heavy atom. The maximum Gasteiger partial charge on any atom is 0.225 e. The topological polar surface area (TPSA) is 119 Å². The summed E-state index contributed by atoms with van der Waals surface area (Å²) in [5.74, 6) is 1.02. The highest BCUT2D eigenvalue weighted by atomic mass is 16.5. The Kier molecular flexibility index (Phi) is 5.19. The van der Waals surface area contributed by atoms with Crippen molar-refractivity contribution in [1.82, 2.24) is 19.5 Å². The van der Waals surface area contributed by atoms with Gasteiger partial charge in [0.2, 0.25) is 5.88 Å². The summed E-state index contributed by atoms with van der Waals surface area (Å²) < 4.78 is 7.24. The van der Waals surface area contributed by atoms with Gasteiger partial charge in [0.15, 0.2) is 0 Å². The number of anilines is 1. The summed E-state index contributed by atoms with van der Waals surface area (Å²) in [6, 6.07) is 9.89. The second-order valence-electron chi connectivity index (χ2n) is 8.64. The molecule has 0 aliphatic heterocycles. The van der Waals surface area contributed by atoms with Crippen molar-refractivity contribution in [2.75, 3.05) is 12.8 Å². The molecule has 0 unspecified atom stereocenters. The van der Waals surface area contributed by atoms with Crippen LogP contribution in [0.1, 0.15) is 30.0 Å². The van der Waals surface area contributed by atoms with Crippen LogP contribution in [0.3, 0.4) is 0 Å². The number of aromatic nitrogens is 4. The molecule has 0 radical (unpaired) electrons. The normalized spacial score (nSPS) is 23.2. The molecule has 3 heterocycles. The number of fused-ring (bicyclic) bond motifs is 2. The zero-order valence-corrected chi connectivity index (χ0v) is 18.1. The number of methoxy groups -OCH3 is 1. The average Bonchev–Trinajstić information content (AvgIpc) is 3.34. The van der Waals surface area contributed by atoms with Crippen molar-refractivity contribution in [3.8, 4) is 5.88 Å². The number of nitrogens with zero attached hydrogens (tertiary/aromatic N) is 4. The second kappa shape index (κ2) is 8.03. The zero-order valence-electron chi connectivity index (χ0n) is 18.1. The van der Waals surface area contributed by atoms with E-state index in [1.165, 1.54) is 6.33 Å². The van der Waals surface area contributed by atoms with Crippen molar-refractivity contribution in [3.05, 3.63) is 54.0 Å². The molecule has 0 bridgehead atoms. The number of aliphatic hydroxyl groups excluding tert-OH is 2. The summed E-state index contributed by atoms with van der Waals surface area (Å²) in [5, 5.41) is 23.4. The highest BCUT2D eigenvalue weighted by Gasteiger charge is 2.42. The van der Waals surface area contributed by atoms with Crippen LogP contribution in [0.15, 0.2) is 42.9 Å². The first-order chi connectivity index (χ1) is 15.5. The van der Waals surface area contributed by atoms with Gasteiger partial charge in [-0.05, 0) is 61.4 Å². The van der Waals surface area contributed by atoms with E-state index in [1.807, 2.05) is 29.8 Å². The number of pyridine rings is 1. The number of ether oxygens (including phenoxy) is 1. The molecule has 4 N–H and O–H groups in total. The lowest BCUT2D eigenvalue weighted by Gasteiger charge is -2.19. The van der Waals surface area contributed by atoms with Crippen molar-refractivity contribution in [1.29, 1.82) is 0 Å². The van der Waals surface area contributed by atoms with Gasteiger partial charge in [-0.1, -0.05) is 12.1 Å². The SMILES string of the molecule is COc1ncnc2c1ccn2[C@@H]1C[C@H](CCc2ccc3cc(C)c(N)nc3c2)[C@@H](O)[C@H]1O. The molecule has 1 aliphatic carbocycles. The van der Waals surface area contributed by atoms with Gasteiger partial charge >= 0.3 is 0 Å². The molecule has 4 aromatic rings. The second-order valence-corrected chi connectivity index (χ2v) is 8.64. The summed E-state index contributed by atoms with van der Waals surface area (Å²) in [4.78, 5) is 13.0. The third-order valence-corrected chi connectivity index (χ3v) is 6.71. The van der Waals surface area contributed by atoms with Crippen LogP contribution in [0.5, 0.6) is 5.88 Å². The summed E-state index contributed by atoms with van der Waals surface area (Å²) in [5.41, 5.74) is 9.66. The molecule has 166 valence electrons. The quantitative estimate of drug-likeness (QED) is 0.443. The lowest BCUT2D eigenvalue weighted by atomic mass is 9.95. The van der Waals surface area contributed by atoms with E-state index >= 15 is 0 Å². The number of rotatable bonds is 5. The van der Waals surface area contributed by atoms with Gasteiger partial charge in [0.1, 0.15) is 23.9 Å². The Morgan fingerprint density at radius 2 is 2.00 bits per heavy atom. The van der Waals surface area contributed by atoms with Gasteiger partial charge < -0.3 is 25.3 Å². The maximum atomic E-state index is 10.8. The molecule has 1 fully saturated rings. The fourth-order valence-corrected chi connectivity index (χ4v) is 4.88.